The van der Waals surface area contributed by atoms with Crippen molar-refractivity contribution in [1.29, 1.82) is 0 Å². The number of urea groups is 1. The van der Waals surface area contributed by atoms with Crippen LogP contribution in [0.3, 0.4) is 0 Å². The first kappa shape index (κ1) is 16.6. The van der Waals surface area contributed by atoms with Gasteiger partial charge in [0.25, 0.3) is 0 Å². The molecule has 0 heterocycles. The quantitative estimate of drug-likeness (QED) is 0.667. The smallest absolute Gasteiger partial charge is 0.326 e. The minimum absolute atomic E-state index is 0.196. The Balaban J connectivity index is 1.79. The maximum Gasteiger partial charge on any atom is 0.326 e. The predicted molar refractivity (Wildman–Crippen MR) is 101 cm³/mol. The molecule has 0 aliphatic rings. The second kappa shape index (κ2) is 8.02. The summed E-state index contributed by atoms with van der Waals surface area (Å²) in [5.74, 6) is 1.32. The van der Waals surface area contributed by atoms with Crippen molar-refractivity contribution in [2.24, 2.45) is 0 Å². The van der Waals surface area contributed by atoms with Crippen molar-refractivity contribution in [2.45, 2.75) is 6.92 Å². The molecule has 0 atom stereocenters. The Labute approximate surface area is 147 Å². The van der Waals surface area contributed by atoms with Crippen molar-refractivity contribution >= 4 is 17.4 Å². The second-order valence-electron chi connectivity index (χ2n) is 5.42. The number of amides is 2. The van der Waals surface area contributed by atoms with Crippen LogP contribution in [0.5, 0.6) is 11.5 Å². The van der Waals surface area contributed by atoms with Gasteiger partial charge in [0.2, 0.25) is 0 Å². The van der Waals surface area contributed by atoms with Crippen LogP contribution in [0.1, 0.15) is 6.92 Å². The third-order valence-electron chi connectivity index (χ3n) is 3.73. The summed E-state index contributed by atoms with van der Waals surface area (Å²) in [4.78, 5) is 14.4. The molecule has 0 spiro atoms. The molecular formula is C21H20N2O2. The number of hydrogen-bond donors (Lipinski definition) is 1. The summed E-state index contributed by atoms with van der Waals surface area (Å²) in [5.41, 5.74) is 1.48. The summed E-state index contributed by atoms with van der Waals surface area (Å²) in [6, 6.07) is 26.3. The van der Waals surface area contributed by atoms with Gasteiger partial charge in [0.05, 0.1) is 5.69 Å². The Bertz CT molecular complexity index is 820. The Hall–Kier alpha value is -3.27. The minimum Gasteiger partial charge on any atom is -0.455 e. The van der Waals surface area contributed by atoms with E-state index in [1.54, 1.807) is 4.90 Å². The molecule has 0 aliphatic carbocycles. The molecule has 0 saturated heterocycles. The number of hydrogen-bond acceptors (Lipinski definition) is 2. The molecular weight excluding hydrogens is 312 g/mol. The molecule has 3 aromatic rings. The number of benzene rings is 3. The molecule has 0 fully saturated rings. The van der Waals surface area contributed by atoms with Gasteiger partial charge in [0.15, 0.2) is 5.75 Å². The molecule has 4 heteroatoms. The van der Waals surface area contributed by atoms with Gasteiger partial charge in [-0.15, -0.1) is 0 Å². The largest absolute Gasteiger partial charge is 0.455 e. The molecule has 1 N–H and O–H groups in total. The topological polar surface area (TPSA) is 41.6 Å². The highest BCUT2D eigenvalue weighted by Gasteiger charge is 2.15. The van der Waals surface area contributed by atoms with Crippen LogP contribution in [0.4, 0.5) is 16.2 Å². The third-order valence-corrected chi connectivity index (χ3v) is 3.73. The van der Waals surface area contributed by atoms with Crippen molar-refractivity contribution in [1.82, 2.24) is 0 Å². The van der Waals surface area contributed by atoms with E-state index in [4.69, 9.17) is 4.74 Å². The van der Waals surface area contributed by atoms with Crippen LogP contribution in [0.2, 0.25) is 0 Å². The highest BCUT2D eigenvalue weighted by atomic mass is 16.5. The zero-order chi connectivity index (χ0) is 17.5. The van der Waals surface area contributed by atoms with E-state index < -0.39 is 0 Å². The van der Waals surface area contributed by atoms with Crippen LogP contribution in [-0.2, 0) is 0 Å². The molecule has 3 rings (SSSR count). The van der Waals surface area contributed by atoms with E-state index in [2.05, 4.69) is 5.32 Å². The molecule has 0 aliphatic heterocycles. The summed E-state index contributed by atoms with van der Waals surface area (Å²) < 4.78 is 5.90. The van der Waals surface area contributed by atoms with Crippen molar-refractivity contribution < 1.29 is 9.53 Å². The van der Waals surface area contributed by atoms with Crippen molar-refractivity contribution in [3.63, 3.8) is 0 Å². The Morgan fingerprint density at radius 3 is 2.16 bits per heavy atom. The van der Waals surface area contributed by atoms with Crippen LogP contribution in [0, 0.1) is 0 Å². The number of rotatable bonds is 5. The fraction of sp³-hybridized carbons (Fsp3) is 0.0952. The lowest BCUT2D eigenvalue weighted by molar-refractivity contribution is 0.257. The van der Waals surface area contributed by atoms with Crippen LogP contribution in [-0.4, -0.2) is 12.6 Å². The van der Waals surface area contributed by atoms with Crippen LogP contribution in [0.25, 0.3) is 0 Å². The van der Waals surface area contributed by atoms with E-state index in [1.807, 2.05) is 91.9 Å². The van der Waals surface area contributed by atoms with Crippen molar-refractivity contribution in [3.8, 4) is 11.5 Å². The Morgan fingerprint density at radius 2 is 1.48 bits per heavy atom. The van der Waals surface area contributed by atoms with E-state index in [9.17, 15) is 4.79 Å². The number of nitrogens with one attached hydrogen (secondary N) is 1. The molecule has 0 aromatic heterocycles. The van der Waals surface area contributed by atoms with Gasteiger partial charge in [-0.1, -0.05) is 48.5 Å². The van der Waals surface area contributed by atoms with E-state index in [-0.39, 0.29) is 6.03 Å². The van der Waals surface area contributed by atoms with Crippen molar-refractivity contribution in [3.05, 3.63) is 84.9 Å². The first-order chi connectivity index (χ1) is 12.3. The highest BCUT2D eigenvalue weighted by Crippen LogP contribution is 2.29. The molecule has 0 radical (unpaired) electrons. The van der Waals surface area contributed by atoms with E-state index in [1.165, 1.54) is 0 Å². The lowest BCUT2D eigenvalue weighted by atomic mass is 10.2. The van der Waals surface area contributed by atoms with E-state index in [0.717, 1.165) is 11.4 Å². The predicted octanol–water partition coefficient (Wildman–Crippen LogP) is 5.54. The standard InChI is InChI=1S/C21H20N2O2/c1-2-23(17-11-5-3-6-12-17)21(24)22-19-15-9-10-16-20(19)25-18-13-7-4-8-14-18/h3-16H,2H2,1H3,(H,22,24). The first-order valence-electron chi connectivity index (χ1n) is 8.23. The number of ether oxygens (including phenoxy) is 1. The van der Waals surface area contributed by atoms with Gasteiger partial charge in [0.1, 0.15) is 5.75 Å². The zero-order valence-electron chi connectivity index (χ0n) is 14.1. The van der Waals surface area contributed by atoms with Crippen LogP contribution in [0.15, 0.2) is 84.9 Å². The molecule has 4 nitrogen and oxygen atoms in total. The third kappa shape index (κ3) is 4.18. The van der Waals surface area contributed by atoms with Crippen molar-refractivity contribution in [2.75, 3.05) is 16.8 Å². The summed E-state index contributed by atoms with van der Waals surface area (Å²) >= 11 is 0. The summed E-state index contributed by atoms with van der Waals surface area (Å²) in [6.07, 6.45) is 0. The maximum atomic E-state index is 12.7. The van der Waals surface area contributed by atoms with Gasteiger partial charge in [0, 0.05) is 12.2 Å². The maximum absolute atomic E-state index is 12.7. The number of anilines is 2. The lowest BCUT2D eigenvalue weighted by Crippen LogP contribution is -2.34. The summed E-state index contributed by atoms with van der Waals surface area (Å²) in [7, 11) is 0. The lowest BCUT2D eigenvalue weighted by Gasteiger charge is -2.22. The average molecular weight is 332 g/mol. The van der Waals surface area contributed by atoms with E-state index >= 15 is 0 Å². The van der Waals surface area contributed by atoms with Gasteiger partial charge < -0.3 is 10.1 Å². The van der Waals surface area contributed by atoms with E-state index in [0.29, 0.717) is 18.0 Å². The zero-order valence-corrected chi connectivity index (χ0v) is 14.1. The first-order valence-corrected chi connectivity index (χ1v) is 8.23. The molecule has 25 heavy (non-hydrogen) atoms. The summed E-state index contributed by atoms with van der Waals surface area (Å²) in [6.45, 7) is 2.51. The molecule has 2 amide bonds. The molecule has 0 bridgehead atoms. The highest BCUT2D eigenvalue weighted by molar-refractivity contribution is 6.02. The monoisotopic (exact) mass is 332 g/mol. The molecule has 126 valence electrons. The SMILES string of the molecule is CCN(C(=O)Nc1ccccc1Oc1ccccc1)c1ccccc1. The molecule has 0 saturated carbocycles. The minimum atomic E-state index is -0.196. The fourth-order valence-electron chi connectivity index (χ4n) is 2.51. The number of nitrogens with zero attached hydrogens (tertiary/aromatic N) is 1. The van der Waals surface area contributed by atoms with Gasteiger partial charge >= 0.3 is 6.03 Å². The van der Waals surface area contributed by atoms with Gasteiger partial charge in [-0.25, -0.2) is 4.79 Å². The van der Waals surface area contributed by atoms with Gasteiger partial charge in [-0.05, 0) is 43.3 Å². The Morgan fingerprint density at radius 1 is 0.880 bits per heavy atom. The summed E-state index contributed by atoms with van der Waals surface area (Å²) in [5, 5.41) is 2.94. The Kier molecular flexibility index (Phi) is 5.32. The normalized spacial score (nSPS) is 10.1. The van der Waals surface area contributed by atoms with Gasteiger partial charge in [-0.3, -0.25) is 4.90 Å². The molecule has 3 aromatic carbocycles. The number of carbonyl (C=O) groups excluding carboxylic acids is 1. The molecule has 0 unspecified atom stereocenters. The number of carbonyl (C=O) groups is 1. The number of para-hydroxylation sites is 4. The fourth-order valence-corrected chi connectivity index (χ4v) is 2.51. The van der Waals surface area contributed by atoms with Gasteiger partial charge in [-0.2, -0.15) is 0 Å². The second-order valence-corrected chi connectivity index (χ2v) is 5.42. The van der Waals surface area contributed by atoms with Crippen LogP contribution >= 0.6 is 0 Å². The van der Waals surface area contributed by atoms with Crippen LogP contribution < -0.4 is 15.0 Å². The average Bonchev–Trinajstić information content (AvgIpc) is 2.66.